The number of anilines is 1. The highest BCUT2D eigenvalue weighted by atomic mass is 32.2. The fourth-order valence-electron chi connectivity index (χ4n) is 9.14. The third-order valence-electron chi connectivity index (χ3n) is 10.9. The van der Waals surface area contributed by atoms with Crippen molar-refractivity contribution in [3.63, 3.8) is 0 Å². The summed E-state index contributed by atoms with van der Waals surface area (Å²) in [7, 11) is 0. The average molecular weight is 662 g/mol. The minimum atomic E-state index is -4.40. The molecule has 5 fully saturated rings. The van der Waals surface area contributed by atoms with Gasteiger partial charge in [-0.25, -0.2) is 4.39 Å². The molecule has 0 aromatic heterocycles. The minimum Gasteiger partial charge on any atom is -0.505 e. The SMILES string of the molecule is O=C1N=C(N2CCN(c3cccc(C(F)(F)F)c3)CC2)SC1=Cc1cccc(-c2cc(F)c(O)c(C34CC5CC(CC(C5)C3)C4)c2)c1. The van der Waals surface area contributed by atoms with E-state index in [0.717, 1.165) is 42.0 Å². The molecule has 4 aliphatic carbocycles. The summed E-state index contributed by atoms with van der Waals surface area (Å²) >= 11 is 1.29. The molecular formula is C37H35F4N3O2S. The molecule has 2 heterocycles. The van der Waals surface area contributed by atoms with E-state index in [9.17, 15) is 23.1 Å². The number of benzene rings is 3. The van der Waals surface area contributed by atoms with Crippen LogP contribution in [0.5, 0.6) is 5.75 Å². The van der Waals surface area contributed by atoms with Gasteiger partial charge in [-0.1, -0.05) is 24.3 Å². The maximum absolute atomic E-state index is 15.3. The zero-order chi connectivity index (χ0) is 32.5. The predicted octanol–water partition coefficient (Wildman–Crippen LogP) is 8.48. The van der Waals surface area contributed by atoms with Crippen LogP contribution in [0.2, 0.25) is 0 Å². The molecule has 10 heteroatoms. The van der Waals surface area contributed by atoms with Gasteiger partial charge in [-0.3, -0.25) is 4.79 Å². The van der Waals surface area contributed by atoms with Crippen LogP contribution in [-0.4, -0.2) is 47.3 Å². The number of hydrogen-bond donors (Lipinski definition) is 1. The topological polar surface area (TPSA) is 56.1 Å². The summed E-state index contributed by atoms with van der Waals surface area (Å²) in [5.41, 5.74) is 2.76. The lowest BCUT2D eigenvalue weighted by Gasteiger charge is -2.57. The second-order valence-corrected chi connectivity index (χ2v) is 15.0. The maximum atomic E-state index is 15.3. The molecule has 47 heavy (non-hydrogen) atoms. The molecule has 6 aliphatic rings. The van der Waals surface area contributed by atoms with E-state index in [1.807, 2.05) is 40.1 Å². The Kier molecular flexibility index (Phi) is 7.42. The molecular weight excluding hydrogens is 626 g/mol. The lowest BCUT2D eigenvalue weighted by Crippen LogP contribution is -2.48. The van der Waals surface area contributed by atoms with Crippen LogP contribution >= 0.6 is 11.8 Å². The van der Waals surface area contributed by atoms with Crippen LogP contribution in [-0.2, 0) is 16.4 Å². The molecule has 2 aliphatic heterocycles. The van der Waals surface area contributed by atoms with Crippen molar-refractivity contribution >= 4 is 34.6 Å². The monoisotopic (exact) mass is 661 g/mol. The maximum Gasteiger partial charge on any atom is 0.416 e. The number of nitrogens with zero attached hydrogens (tertiary/aromatic N) is 3. The summed E-state index contributed by atoms with van der Waals surface area (Å²) in [6.07, 6.45) is 4.23. The number of halogens is 4. The number of amides is 1. The van der Waals surface area contributed by atoms with E-state index in [0.29, 0.717) is 65.3 Å². The van der Waals surface area contributed by atoms with E-state index in [1.54, 1.807) is 12.1 Å². The molecule has 5 nitrogen and oxygen atoms in total. The number of phenols is 1. The number of hydrogen-bond acceptors (Lipinski definition) is 5. The van der Waals surface area contributed by atoms with Crippen molar-refractivity contribution in [2.45, 2.75) is 50.1 Å². The minimum absolute atomic E-state index is 0.158. The van der Waals surface area contributed by atoms with Crippen LogP contribution in [0.15, 0.2) is 70.6 Å². The number of rotatable bonds is 4. The number of aromatic hydroxyl groups is 1. The number of thioether (sulfide) groups is 1. The molecule has 9 rings (SSSR count). The van der Waals surface area contributed by atoms with E-state index < -0.39 is 17.6 Å². The molecule has 4 saturated carbocycles. The quantitative estimate of drug-likeness (QED) is 0.225. The van der Waals surface area contributed by atoms with Crippen LogP contribution in [0.25, 0.3) is 17.2 Å². The number of alkyl halides is 3. The van der Waals surface area contributed by atoms with Gasteiger partial charge in [-0.2, -0.15) is 18.2 Å². The number of piperazine rings is 1. The zero-order valence-electron chi connectivity index (χ0n) is 25.8. The molecule has 0 spiro atoms. The lowest BCUT2D eigenvalue weighted by molar-refractivity contribution is -0.137. The Bertz CT molecular complexity index is 1780. The Morgan fingerprint density at radius 2 is 1.51 bits per heavy atom. The molecule has 4 bridgehead atoms. The van der Waals surface area contributed by atoms with Gasteiger partial charge in [0.05, 0.1) is 10.5 Å². The van der Waals surface area contributed by atoms with Gasteiger partial charge >= 0.3 is 6.18 Å². The fourth-order valence-corrected chi connectivity index (χ4v) is 10.1. The Hall–Kier alpha value is -3.79. The molecule has 244 valence electrons. The van der Waals surface area contributed by atoms with Crippen LogP contribution in [0.1, 0.15) is 55.2 Å². The van der Waals surface area contributed by atoms with Crippen molar-refractivity contribution in [2.24, 2.45) is 22.7 Å². The molecule has 0 unspecified atom stereocenters. The van der Waals surface area contributed by atoms with Crippen molar-refractivity contribution in [1.29, 1.82) is 0 Å². The highest BCUT2D eigenvalue weighted by Crippen LogP contribution is 2.62. The van der Waals surface area contributed by atoms with Crippen molar-refractivity contribution < 1.29 is 27.5 Å². The molecule has 0 atom stereocenters. The highest BCUT2D eigenvalue weighted by molar-refractivity contribution is 8.18. The normalized spacial score (nSPS) is 28.0. The van der Waals surface area contributed by atoms with Crippen LogP contribution in [0, 0.1) is 23.6 Å². The number of aliphatic imine (C=N–C) groups is 1. The van der Waals surface area contributed by atoms with E-state index in [1.165, 1.54) is 49.2 Å². The van der Waals surface area contributed by atoms with Crippen LogP contribution in [0.4, 0.5) is 23.2 Å². The first-order valence-electron chi connectivity index (χ1n) is 16.4. The van der Waals surface area contributed by atoms with Crippen LogP contribution in [0.3, 0.4) is 0 Å². The molecule has 1 N–H and O–H groups in total. The fraction of sp³-hybridized carbons (Fsp3) is 0.405. The number of carbonyl (C=O) groups is 1. The third-order valence-corrected chi connectivity index (χ3v) is 11.9. The van der Waals surface area contributed by atoms with Crippen molar-refractivity contribution in [3.8, 4) is 16.9 Å². The predicted molar refractivity (Wildman–Crippen MR) is 177 cm³/mol. The summed E-state index contributed by atoms with van der Waals surface area (Å²) in [6.45, 7) is 2.06. The molecule has 1 amide bonds. The lowest BCUT2D eigenvalue weighted by atomic mass is 9.48. The van der Waals surface area contributed by atoms with Gasteiger partial charge < -0.3 is 14.9 Å². The Morgan fingerprint density at radius 3 is 2.19 bits per heavy atom. The second kappa shape index (κ2) is 11.4. The van der Waals surface area contributed by atoms with E-state index in [2.05, 4.69) is 4.99 Å². The summed E-state index contributed by atoms with van der Waals surface area (Å²) in [6, 6.07) is 16.4. The largest absolute Gasteiger partial charge is 0.505 e. The van der Waals surface area contributed by atoms with Gasteiger partial charge in [-0.05, 0) is 133 Å². The second-order valence-electron chi connectivity index (χ2n) is 14.0. The first-order chi connectivity index (χ1) is 22.5. The van der Waals surface area contributed by atoms with E-state index >= 15 is 4.39 Å². The van der Waals surface area contributed by atoms with Crippen molar-refractivity contribution in [2.75, 3.05) is 31.1 Å². The Morgan fingerprint density at radius 1 is 0.851 bits per heavy atom. The summed E-state index contributed by atoms with van der Waals surface area (Å²) in [5, 5.41) is 11.5. The average Bonchev–Trinajstić information content (AvgIpc) is 3.41. The van der Waals surface area contributed by atoms with Gasteiger partial charge in [0.15, 0.2) is 16.7 Å². The summed E-state index contributed by atoms with van der Waals surface area (Å²) < 4.78 is 54.9. The number of amidine groups is 1. The van der Waals surface area contributed by atoms with Gasteiger partial charge in [0, 0.05) is 37.4 Å². The standard InChI is InChI=1S/C37H35F4N3O2S/c38-31-17-27(16-30(33(31)45)36-19-23-11-24(20-36)13-25(12-23)21-36)26-4-1-3-22(14-26)15-32-34(46)42-35(47-32)44-9-7-43(8-10-44)29-6-2-5-28(18-29)37(39,40)41/h1-6,14-18,23-25,45H,7-13,19-21H2. The van der Waals surface area contributed by atoms with Gasteiger partial charge in [0.25, 0.3) is 5.91 Å². The highest BCUT2D eigenvalue weighted by Gasteiger charge is 2.52. The third kappa shape index (κ3) is 5.72. The van der Waals surface area contributed by atoms with Gasteiger partial charge in [-0.15, -0.1) is 0 Å². The van der Waals surface area contributed by atoms with Crippen molar-refractivity contribution in [3.05, 3.63) is 88.1 Å². The number of phenolic OH excluding ortho intramolecular Hbond substituents is 1. The van der Waals surface area contributed by atoms with E-state index in [-0.39, 0.29) is 17.1 Å². The number of carbonyl (C=O) groups excluding carboxylic acids is 1. The molecule has 3 aromatic rings. The molecule has 1 saturated heterocycles. The summed E-state index contributed by atoms with van der Waals surface area (Å²) in [5.74, 6) is 0.850. The smallest absolute Gasteiger partial charge is 0.416 e. The Balaban J connectivity index is 0.976. The van der Waals surface area contributed by atoms with Gasteiger partial charge in [0.2, 0.25) is 0 Å². The molecule has 0 radical (unpaired) electrons. The zero-order valence-corrected chi connectivity index (χ0v) is 26.6. The Labute approximate surface area is 275 Å². The van der Waals surface area contributed by atoms with Gasteiger partial charge in [0.1, 0.15) is 0 Å². The van der Waals surface area contributed by atoms with Crippen LogP contribution < -0.4 is 4.90 Å². The first-order valence-corrected chi connectivity index (χ1v) is 17.2. The molecule has 3 aromatic carbocycles. The van der Waals surface area contributed by atoms with E-state index in [4.69, 9.17) is 0 Å². The summed E-state index contributed by atoms with van der Waals surface area (Å²) in [4.78, 5) is 21.6. The first kappa shape index (κ1) is 30.5. The van der Waals surface area contributed by atoms with Crippen molar-refractivity contribution in [1.82, 2.24) is 4.90 Å².